The minimum Gasteiger partial charge on any atom is -0.369 e. The van der Waals surface area contributed by atoms with Crippen molar-refractivity contribution in [3.8, 4) is 6.07 Å². The van der Waals surface area contributed by atoms with Crippen LogP contribution in [0.5, 0.6) is 0 Å². The number of hydrogen-bond acceptors (Lipinski definition) is 3. The molecule has 1 atom stereocenters. The van der Waals surface area contributed by atoms with Crippen LogP contribution < -0.4 is 5.73 Å². The number of rotatable bonds is 5. The van der Waals surface area contributed by atoms with E-state index in [1.165, 1.54) is 0 Å². The van der Waals surface area contributed by atoms with Gasteiger partial charge < -0.3 is 5.73 Å². The van der Waals surface area contributed by atoms with Gasteiger partial charge in [-0.15, -0.1) is 11.6 Å². The van der Waals surface area contributed by atoms with Crippen LogP contribution in [0.2, 0.25) is 0 Å². The maximum absolute atomic E-state index is 10.5. The van der Waals surface area contributed by atoms with Gasteiger partial charge in [-0.3, -0.25) is 9.69 Å². The van der Waals surface area contributed by atoms with Gasteiger partial charge in [-0.2, -0.15) is 5.26 Å². The average Bonchev–Trinajstić information content (AvgIpc) is 2.02. The van der Waals surface area contributed by atoms with E-state index >= 15 is 0 Å². The van der Waals surface area contributed by atoms with Gasteiger partial charge in [0.15, 0.2) is 0 Å². The van der Waals surface area contributed by atoms with Gasteiger partial charge in [0.05, 0.1) is 12.6 Å². The number of primary amides is 1. The van der Waals surface area contributed by atoms with Crippen LogP contribution >= 0.6 is 11.6 Å². The maximum atomic E-state index is 10.5. The molecule has 0 aromatic heterocycles. The van der Waals surface area contributed by atoms with E-state index in [2.05, 4.69) is 0 Å². The van der Waals surface area contributed by atoms with Crippen molar-refractivity contribution >= 4 is 17.5 Å². The summed E-state index contributed by atoms with van der Waals surface area (Å²) in [5.41, 5.74) is 4.98. The molecule has 0 aromatic carbocycles. The number of nitrogens with two attached hydrogens (primary N) is 1. The van der Waals surface area contributed by atoms with Crippen LogP contribution in [0.4, 0.5) is 0 Å². The van der Waals surface area contributed by atoms with Crippen LogP contribution in [-0.4, -0.2) is 35.8 Å². The molecule has 0 aliphatic heterocycles. The zero-order valence-corrected chi connectivity index (χ0v) is 7.71. The molecule has 4 nitrogen and oxygen atoms in total. The second-order valence-electron chi connectivity index (χ2n) is 2.39. The van der Waals surface area contributed by atoms with Gasteiger partial charge in [0.2, 0.25) is 5.91 Å². The number of nitrogens with zero attached hydrogens (tertiary/aromatic N) is 2. The van der Waals surface area contributed by atoms with E-state index in [-0.39, 0.29) is 6.54 Å². The van der Waals surface area contributed by atoms with Crippen LogP contribution in [-0.2, 0) is 4.79 Å². The number of carbonyl (C=O) groups excluding carboxylic acids is 1. The van der Waals surface area contributed by atoms with Crippen molar-refractivity contribution in [1.29, 1.82) is 5.26 Å². The van der Waals surface area contributed by atoms with Crippen LogP contribution in [0.25, 0.3) is 0 Å². The van der Waals surface area contributed by atoms with Crippen molar-refractivity contribution in [3.63, 3.8) is 0 Å². The fourth-order valence-corrected chi connectivity index (χ4v) is 0.989. The van der Waals surface area contributed by atoms with Gasteiger partial charge in [0.1, 0.15) is 5.38 Å². The summed E-state index contributed by atoms with van der Waals surface area (Å²) in [5, 5.41) is 7.81. The molecule has 1 amide bonds. The Labute approximate surface area is 76.9 Å². The molecule has 2 N–H and O–H groups in total. The molecule has 0 saturated heterocycles. The predicted octanol–water partition coefficient (Wildman–Crippen LogP) is -0.0754. The van der Waals surface area contributed by atoms with E-state index in [1.807, 2.05) is 13.0 Å². The molecule has 0 aliphatic carbocycles. The lowest BCUT2D eigenvalue weighted by Gasteiger charge is -2.18. The zero-order chi connectivity index (χ0) is 9.56. The zero-order valence-electron chi connectivity index (χ0n) is 6.96. The third-order valence-electron chi connectivity index (χ3n) is 1.39. The number of alkyl halides is 1. The SMILES string of the molecule is CCN(CC(N)=O)CC(Cl)C#N. The minimum absolute atomic E-state index is 0.154. The smallest absolute Gasteiger partial charge is 0.231 e. The molecule has 0 saturated carbocycles. The fourth-order valence-electron chi connectivity index (χ4n) is 0.793. The van der Waals surface area contributed by atoms with E-state index in [0.29, 0.717) is 13.1 Å². The highest BCUT2D eigenvalue weighted by Gasteiger charge is 2.10. The maximum Gasteiger partial charge on any atom is 0.231 e. The summed E-state index contributed by atoms with van der Waals surface area (Å²) in [6.07, 6.45) is 0. The highest BCUT2D eigenvalue weighted by Crippen LogP contribution is 1.97. The summed E-state index contributed by atoms with van der Waals surface area (Å²) in [4.78, 5) is 12.2. The van der Waals surface area contributed by atoms with E-state index in [1.54, 1.807) is 4.90 Å². The monoisotopic (exact) mass is 189 g/mol. The van der Waals surface area contributed by atoms with Crippen molar-refractivity contribution in [1.82, 2.24) is 4.90 Å². The summed E-state index contributed by atoms with van der Waals surface area (Å²) >= 11 is 5.57. The van der Waals surface area contributed by atoms with Crippen molar-refractivity contribution in [3.05, 3.63) is 0 Å². The van der Waals surface area contributed by atoms with Gasteiger partial charge in [0.25, 0.3) is 0 Å². The van der Waals surface area contributed by atoms with Crippen molar-refractivity contribution in [2.24, 2.45) is 5.73 Å². The van der Waals surface area contributed by atoms with Crippen molar-refractivity contribution in [2.75, 3.05) is 19.6 Å². The molecule has 0 radical (unpaired) electrons. The highest BCUT2D eigenvalue weighted by molar-refractivity contribution is 6.22. The standard InChI is InChI=1S/C7H12ClN3O/c1-2-11(5-7(10)12)4-6(8)3-9/h6H,2,4-5H2,1H3,(H2,10,12). The molecular formula is C7H12ClN3O. The molecule has 0 fully saturated rings. The van der Waals surface area contributed by atoms with E-state index in [4.69, 9.17) is 22.6 Å². The number of hydrogen-bond donors (Lipinski definition) is 1. The lowest BCUT2D eigenvalue weighted by molar-refractivity contribution is -0.119. The van der Waals surface area contributed by atoms with Gasteiger partial charge in [-0.1, -0.05) is 6.92 Å². The second-order valence-corrected chi connectivity index (χ2v) is 2.92. The Morgan fingerprint density at radius 1 is 1.83 bits per heavy atom. The average molecular weight is 190 g/mol. The molecule has 0 rings (SSSR count). The summed E-state index contributed by atoms with van der Waals surface area (Å²) < 4.78 is 0. The molecule has 0 aliphatic rings. The first-order valence-electron chi connectivity index (χ1n) is 3.64. The van der Waals surface area contributed by atoms with Crippen LogP contribution in [0.1, 0.15) is 6.92 Å². The largest absolute Gasteiger partial charge is 0.369 e. The normalized spacial score (nSPS) is 12.5. The summed E-state index contributed by atoms with van der Waals surface area (Å²) in [7, 11) is 0. The van der Waals surface area contributed by atoms with Gasteiger partial charge in [-0.25, -0.2) is 0 Å². The van der Waals surface area contributed by atoms with Crippen molar-refractivity contribution < 1.29 is 4.79 Å². The van der Waals surface area contributed by atoms with Gasteiger partial charge in [-0.05, 0) is 6.54 Å². The molecular weight excluding hydrogens is 178 g/mol. The second kappa shape index (κ2) is 5.81. The molecule has 0 spiro atoms. The Kier molecular flexibility index (Phi) is 5.43. The number of nitriles is 1. The Hall–Kier alpha value is -0.790. The Morgan fingerprint density at radius 3 is 2.75 bits per heavy atom. The summed E-state index contributed by atoms with van der Waals surface area (Å²) in [6, 6.07) is 1.87. The molecule has 68 valence electrons. The first-order valence-corrected chi connectivity index (χ1v) is 4.08. The quantitative estimate of drug-likeness (QED) is 0.616. The molecule has 0 aromatic rings. The minimum atomic E-state index is -0.579. The number of halogens is 1. The number of amides is 1. The van der Waals surface area contributed by atoms with Crippen LogP contribution in [0, 0.1) is 11.3 Å². The van der Waals surface area contributed by atoms with Gasteiger partial charge in [0, 0.05) is 6.54 Å². The molecule has 12 heavy (non-hydrogen) atoms. The van der Waals surface area contributed by atoms with Crippen LogP contribution in [0.15, 0.2) is 0 Å². The number of likely N-dealkylation sites (N-methyl/N-ethyl adjacent to an activating group) is 1. The van der Waals surface area contributed by atoms with E-state index < -0.39 is 11.3 Å². The number of carbonyl (C=O) groups is 1. The molecule has 5 heteroatoms. The Morgan fingerprint density at radius 2 is 2.42 bits per heavy atom. The molecule has 0 heterocycles. The predicted molar refractivity (Wildman–Crippen MR) is 46.6 cm³/mol. The summed E-state index contributed by atoms with van der Waals surface area (Å²) in [6.45, 7) is 3.07. The Bertz CT molecular complexity index is 190. The van der Waals surface area contributed by atoms with E-state index in [0.717, 1.165) is 0 Å². The third-order valence-corrected chi connectivity index (χ3v) is 1.62. The van der Waals surface area contributed by atoms with Crippen LogP contribution in [0.3, 0.4) is 0 Å². The molecule has 1 unspecified atom stereocenters. The summed E-state index contributed by atoms with van der Waals surface area (Å²) in [5.74, 6) is -0.404. The third kappa shape index (κ3) is 4.94. The first-order chi connectivity index (χ1) is 5.60. The lowest BCUT2D eigenvalue weighted by atomic mass is 10.4. The van der Waals surface area contributed by atoms with E-state index in [9.17, 15) is 4.79 Å². The topological polar surface area (TPSA) is 70.1 Å². The highest BCUT2D eigenvalue weighted by atomic mass is 35.5. The molecule has 0 bridgehead atoms. The lowest BCUT2D eigenvalue weighted by Crippen LogP contribution is -2.37. The van der Waals surface area contributed by atoms with Gasteiger partial charge >= 0.3 is 0 Å². The fraction of sp³-hybridized carbons (Fsp3) is 0.714. The van der Waals surface area contributed by atoms with Crippen molar-refractivity contribution in [2.45, 2.75) is 12.3 Å². The first kappa shape index (κ1) is 11.2. The Balaban J connectivity index is 3.84.